The summed E-state index contributed by atoms with van der Waals surface area (Å²) in [5.41, 5.74) is 14.7. The quantitative estimate of drug-likeness (QED) is 0.326. The van der Waals surface area contributed by atoms with Crippen molar-refractivity contribution in [1.29, 1.82) is 0 Å². The lowest BCUT2D eigenvalue weighted by Crippen LogP contribution is -2.45. The SMILES string of the molecule is CC=C1/C(=C\C)C2(OC1C)c1cc3c(cc1C(C)(C)c1cc4c(cc12)C(C)=CC(C)(C)N4C)N(C)C(C)(C)C=C3C. The van der Waals surface area contributed by atoms with Crippen LogP contribution < -0.4 is 9.80 Å². The molecule has 3 nitrogen and oxygen atoms in total. The maximum absolute atomic E-state index is 7.33. The second-order valence-corrected chi connectivity index (χ2v) is 14.4. The maximum atomic E-state index is 7.33. The van der Waals surface area contributed by atoms with Crippen molar-refractivity contribution in [2.45, 2.75) is 104 Å². The van der Waals surface area contributed by atoms with E-state index in [2.05, 4.69) is 149 Å². The number of rotatable bonds is 0. The van der Waals surface area contributed by atoms with Crippen molar-refractivity contribution in [2.24, 2.45) is 0 Å². The van der Waals surface area contributed by atoms with Gasteiger partial charge in [-0.15, -0.1) is 0 Å². The molecule has 1 aliphatic carbocycles. The molecule has 0 radical (unpaired) electrons. The zero-order valence-electron chi connectivity index (χ0n) is 27.5. The normalized spacial score (nSPS) is 26.4. The first-order chi connectivity index (χ1) is 19.0. The van der Waals surface area contributed by atoms with E-state index in [1.54, 1.807) is 0 Å². The summed E-state index contributed by atoms with van der Waals surface area (Å²) in [7, 11) is 4.47. The standard InChI is InChI=1S/C38H48N2O/c1-14-25-24(5)41-38(28(25)15-2)31-16-26-22(3)20-35(6,7)39(12)33(26)18-29(31)37(10,11)30-19-34-27(17-32(30)38)23(4)21-36(8,9)40(34)13/h14-21,24H,1-13H3/b25-14?,28-15+. The molecule has 1 unspecified atom stereocenters. The molecule has 3 heteroatoms. The first-order valence-electron chi connectivity index (χ1n) is 15.3. The van der Waals surface area contributed by atoms with Crippen LogP contribution in [0.5, 0.6) is 0 Å². The monoisotopic (exact) mass is 548 g/mol. The Balaban J connectivity index is 1.77. The van der Waals surface area contributed by atoms with Gasteiger partial charge in [-0.1, -0.05) is 38.2 Å². The number of likely N-dealkylation sites (N-methyl/N-ethyl adjacent to an activating group) is 2. The molecule has 1 spiro atoms. The minimum absolute atomic E-state index is 0.00308. The third kappa shape index (κ3) is 3.48. The predicted molar refractivity (Wildman–Crippen MR) is 176 cm³/mol. The largest absolute Gasteiger partial charge is 0.365 e. The van der Waals surface area contributed by atoms with Crippen LogP contribution in [0.1, 0.15) is 110 Å². The Bertz CT molecular complexity index is 1530. The molecule has 2 aromatic carbocycles. The fraction of sp³-hybridized carbons (Fsp3) is 0.474. The van der Waals surface area contributed by atoms with Gasteiger partial charge in [0.1, 0.15) is 5.60 Å². The van der Waals surface area contributed by atoms with Crippen molar-refractivity contribution < 1.29 is 4.74 Å². The van der Waals surface area contributed by atoms with E-state index in [0.29, 0.717) is 0 Å². The molecule has 6 rings (SSSR count). The average molecular weight is 549 g/mol. The number of allylic oxidation sites excluding steroid dienone is 4. The van der Waals surface area contributed by atoms with E-state index < -0.39 is 5.60 Å². The predicted octanol–water partition coefficient (Wildman–Crippen LogP) is 9.14. The molecule has 0 aromatic heterocycles. The molecule has 1 atom stereocenters. The summed E-state index contributed by atoms with van der Waals surface area (Å²) in [6, 6.07) is 9.92. The van der Waals surface area contributed by atoms with Crippen LogP contribution >= 0.6 is 0 Å². The number of hydrogen-bond donors (Lipinski definition) is 0. The highest BCUT2D eigenvalue weighted by molar-refractivity contribution is 5.87. The second kappa shape index (κ2) is 8.51. The lowest BCUT2D eigenvalue weighted by atomic mass is 9.60. The number of anilines is 2. The van der Waals surface area contributed by atoms with Gasteiger partial charge in [-0.05, 0) is 131 Å². The third-order valence-electron chi connectivity index (χ3n) is 10.9. The first-order valence-corrected chi connectivity index (χ1v) is 15.3. The van der Waals surface area contributed by atoms with E-state index in [1.807, 2.05) is 0 Å². The molecule has 0 saturated carbocycles. The molecule has 0 N–H and O–H groups in total. The van der Waals surface area contributed by atoms with Gasteiger partial charge < -0.3 is 14.5 Å². The van der Waals surface area contributed by atoms with Crippen molar-refractivity contribution in [3.8, 4) is 0 Å². The van der Waals surface area contributed by atoms with E-state index in [1.165, 1.54) is 67.0 Å². The van der Waals surface area contributed by atoms with Gasteiger partial charge in [0.15, 0.2) is 0 Å². The zero-order chi connectivity index (χ0) is 30.0. The van der Waals surface area contributed by atoms with E-state index in [0.717, 1.165) is 0 Å². The van der Waals surface area contributed by atoms with Crippen LogP contribution in [0.3, 0.4) is 0 Å². The van der Waals surface area contributed by atoms with E-state index in [4.69, 9.17) is 4.74 Å². The number of nitrogens with zero attached hydrogens (tertiary/aromatic N) is 2. The van der Waals surface area contributed by atoms with Gasteiger partial charge in [0.05, 0.1) is 17.2 Å². The van der Waals surface area contributed by atoms with Gasteiger partial charge >= 0.3 is 0 Å². The van der Waals surface area contributed by atoms with Crippen molar-refractivity contribution >= 4 is 22.5 Å². The summed E-state index contributed by atoms with van der Waals surface area (Å²) in [5.74, 6) is 0. The van der Waals surface area contributed by atoms with Crippen molar-refractivity contribution in [1.82, 2.24) is 0 Å². The summed E-state index contributed by atoms with van der Waals surface area (Å²) < 4.78 is 7.33. The maximum Gasteiger partial charge on any atom is 0.145 e. The highest BCUT2D eigenvalue weighted by Crippen LogP contribution is 2.61. The Kier molecular flexibility index (Phi) is 5.83. The third-order valence-corrected chi connectivity index (χ3v) is 10.9. The smallest absolute Gasteiger partial charge is 0.145 e. The molecular weight excluding hydrogens is 500 g/mol. The van der Waals surface area contributed by atoms with Gasteiger partial charge in [-0.3, -0.25) is 0 Å². The second-order valence-electron chi connectivity index (χ2n) is 14.4. The fourth-order valence-corrected chi connectivity index (χ4v) is 8.29. The number of hydrogen-bond acceptors (Lipinski definition) is 3. The summed E-state index contributed by atoms with van der Waals surface area (Å²) in [6.07, 6.45) is 9.37. The summed E-state index contributed by atoms with van der Waals surface area (Å²) in [5, 5.41) is 0. The van der Waals surface area contributed by atoms with Crippen LogP contribution in [0.15, 0.2) is 59.7 Å². The minimum Gasteiger partial charge on any atom is -0.365 e. The Morgan fingerprint density at radius 1 is 0.683 bits per heavy atom. The van der Waals surface area contributed by atoms with E-state index in [9.17, 15) is 0 Å². The molecule has 0 amide bonds. The zero-order valence-corrected chi connectivity index (χ0v) is 27.5. The van der Waals surface area contributed by atoms with Crippen molar-refractivity contribution in [3.05, 3.63) is 93.1 Å². The van der Waals surface area contributed by atoms with Gasteiger partial charge in [0.25, 0.3) is 0 Å². The minimum atomic E-state index is -0.669. The topological polar surface area (TPSA) is 15.7 Å². The number of ether oxygens (including phenoxy) is 1. The van der Waals surface area contributed by atoms with Gasteiger partial charge in [0, 0.05) is 42.0 Å². The molecule has 1 fully saturated rings. The molecule has 1 saturated heterocycles. The van der Waals surface area contributed by atoms with Crippen LogP contribution in [0, 0.1) is 0 Å². The highest BCUT2D eigenvalue weighted by atomic mass is 16.5. The van der Waals surface area contributed by atoms with E-state index >= 15 is 0 Å². The Morgan fingerprint density at radius 3 is 1.51 bits per heavy atom. The molecule has 4 aliphatic rings. The summed E-state index contributed by atoms with van der Waals surface area (Å²) >= 11 is 0. The Morgan fingerprint density at radius 2 is 1.12 bits per heavy atom. The van der Waals surface area contributed by atoms with Crippen LogP contribution in [0.2, 0.25) is 0 Å². The molecule has 3 aliphatic heterocycles. The van der Waals surface area contributed by atoms with Gasteiger partial charge in [-0.25, -0.2) is 0 Å². The lowest BCUT2D eigenvalue weighted by Gasteiger charge is -2.49. The summed E-state index contributed by atoms with van der Waals surface area (Å²) in [6.45, 7) is 25.1. The van der Waals surface area contributed by atoms with Crippen LogP contribution in [-0.4, -0.2) is 31.3 Å². The Labute approximate surface area is 248 Å². The molecule has 0 bridgehead atoms. The average Bonchev–Trinajstić information content (AvgIpc) is 3.19. The summed E-state index contributed by atoms with van der Waals surface area (Å²) in [4.78, 5) is 4.88. The molecule has 41 heavy (non-hydrogen) atoms. The van der Waals surface area contributed by atoms with Crippen molar-refractivity contribution in [3.63, 3.8) is 0 Å². The lowest BCUT2D eigenvalue weighted by molar-refractivity contribution is 0.00730. The fourth-order valence-electron chi connectivity index (χ4n) is 8.29. The van der Waals surface area contributed by atoms with E-state index in [-0.39, 0.29) is 22.6 Å². The number of benzene rings is 2. The molecular formula is C38H48N2O. The van der Waals surface area contributed by atoms with Crippen LogP contribution in [0.4, 0.5) is 11.4 Å². The first kappa shape index (κ1) is 28.1. The molecule has 2 aromatic rings. The Hall–Kier alpha value is -3.04. The molecule has 216 valence electrons. The highest BCUT2D eigenvalue weighted by Gasteiger charge is 2.56. The number of fused-ring (bicyclic) bond motifs is 6. The molecule has 3 heterocycles. The van der Waals surface area contributed by atoms with Crippen LogP contribution in [0.25, 0.3) is 11.1 Å². The van der Waals surface area contributed by atoms with Gasteiger partial charge in [0.2, 0.25) is 0 Å². The van der Waals surface area contributed by atoms with Crippen LogP contribution in [-0.2, 0) is 15.8 Å². The van der Waals surface area contributed by atoms with Crippen molar-refractivity contribution in [2.75, 3.05) is 23.9 Å². The van der Waals surface area contributed by atoms with Gasteiger partial charge in [-0.2, -0.15) is 0 Å².